The Morgan fingerprint density at radius 3 is 2.56 bits per heavy atom. The topological polar surface area (TPSA) is 55.4 Å². The Morgan fingerprint density at radius 2 is 1.72 bits per heavy atom. The molecule has 0 aliphatic carbocycles. The summed E-state index contributed by atoms with van der Waals surface area (Å²) in [5.41, 5.74) is 2.15. The molecule has 0 saturated carbocycles. The number of anilines is 1. The number of esters is 1. The van der Waals surface area contributed by atoms with Gasteiger partial charge in [-0.05, 0) is 41.0 Å². The fraction of sp³-hybridized carbons (Fsp3) is 0.143. The van der Waals surface area contributed by atoms with Crippen molar-refractivity contribution in [3.8, 4) is 0 Å². The number of fused-ring (bicyclic) bond motifs is 1. The van der Waals surface area contributed by atoms with Crippen LogP contribution >= 0.6 is 0 Å². The van der Waals surface area contributed by atoms with E-state index in [1.165, 1.54) is 17.9 Å². The Hall–Kier alpha value is -3.14. The van der Waals surface area contributed by atoms with Crippen molar-refractivity contribution in [2.45, 2.75) is 12.8 Å². The SMILES string of the molecule is COC(=O)c1cccc(NC(=O)CCc2cccc3ccccc23)c1. The Kier molecular flexibility index (Phi) is 5.09. The molecule has 0 bridgehead atoms. The van der Waals surface area contributed by atoms with Crippen molar-refractivity contribution in [3.63, 3.8) is 0 Å². The first-order valence-corrected chi connectivity index (χ1v) is 8.12. The molecule has 0 radical (unpaired) electrons. The van der Waals surface area contributed by atoms with Crippen LogP contribution < -0.4 is 5.32 Å². The third-order valence-electron chi connectivity index (χ3n) is 4.07. The monoisotopic (exact) mass is 333 g/mol. The van der Waals surface area contributed by atoms with Gasteiger partial charge in [-0.3, -0.25) is 4.79 Å². The first-order chi connectivity index (χ1) is 12.2. The molecule has 0 heterocycles. The number of nitrogens with one attached hydrogen (secondary N) is 1. The zero-order valence-corrected chi connectivity index (χ0v) is 14.0. The summed E-state index contributed by atoms with van der Waals surface area (Å²) >= 11 is 0. The van der Waals surface area contributed by atoms with E-state index in [9.17, 15) is 9.59 Å². The number of carbonyl (C=O) groups excluding carboxylic acids is 2. The van der Waals surface area contributed by atoms with E-state index in [1.54, 1.807) is 24.3 Å². The van der Waals surface area contributed by atoms with Crippen molar-refractivity contribution in [1.29, 1.82) is 0 Å². The third-order valence-corrected chi connectivity index (χ3v) is 4.07. The maximum absolute atomic E-state index is 12.2. The first kappa shape index (κ1) is 16.7. The van der Waals surface area contributed by atoms with Gasteiger partial charge in [0.1, 0.15) is 0 Å². The van der Waals surface area contributed by atoms with Gasteiger partial charge in [0.25, 0.3) is 0 Å². The number of amides is 1. The standard InChI is InChI=1S/C21H19NO3/c1-25-21(24)17-9-5-10-18(14-17)22-20(23)13-12-16-8-4-7-15-6-2-3-11-19(15)16/h2-11,14H,12-13H2,1H3,(H,22,23). The quantitative estimate of drug-likeness (QED) is 0.712. The summed E-state index contributed by atoms with van der Waals surface area (Å²) in [5.74, 6) is -0.512. The Labute approximate surface area is 146 Å². The van der Waals surface area contributed by atoms with Crippen molar-refractivity contribution in [3.05, 3.63) is 77.9 Å². The van der Waals surface area contributed by atoms with Crippen molar-refractivity contribution in [1.82, 2.24) is 0 Å². The molecule has 126 valence electrons. The van der Waals surface area contributed by atoms with E-state index in [2.05, 4.69) is 23.5 Å². The molecule has 3 aromatic carbocycles. The van der Waals surface area contributed by atoms with Crippen molar-refractivity contribution in [2.75, 3.05) is 12.4 Å². The molecule has 25 heavy (non-hydrogen) atoms. The summed E-state index contributed by atoms with van der Waals surface area (Å²) in [6.07, 6.45) is 1.03. The van der Waals surface area contributed by atoms with Gasteiger partial charge in [0.05, 0.1) is 12.7 Å². The van der Waals surface area contributed by atoms with E-state index in [0.717, 1.165) is 5.56 Å². The first-order valence-electron chi connectivity index (χ1n) is 8.12. The van der Waals surface area contributed by atoms with Crippen LogP contribution in [0.5, 0.6) is 0 Å². The molecule has 0 aliphatic rings. The third kappa shape index (κ3) is 4.04. The molecule has 0 atom stereocenters. The van der Waals surface area contributed by atoms with E-state index < -0.39 is 5.97 Å². The van der Waals surface area contributed by atoms with Gasteiger partial charge in [-0.1, -0.05) is 48.5 Å². The van der Waals surface area contributed by atoms with Crippen molar-refractivity contribution < 1.29 is 14.3 Å². The lowest BCUT2D eigenvalue weighted by atomic mass is 10.0. The Balaban J connectivity index is 1.66. The average Bonchev–Trinajstić information content (AvgIpc) is 2.66. The zero-order chi connectivity index (χ0) is 17.6. The molecular formula is C21H19NO3. The molecule has 0 aliphatic heterocycles. The second-order valence-corrected chi connectivity index (χ2v) is 5.76. The molecule has 0 aromatic heterocycles. The van der Waals surface area contributed by atoms with Gasteiger partial charge >= 0.3 is 5.97 Å². The van der Waals surface area contributed by atoms with Crippen LogP contribution in [0.1, 0.15) is 22.3 Å². The van der Waals surface area contributed by atoms with Gasteiger partial charge < -0.3 is 10.1 Å². The lowest BCUT2D eigenvalue weighted by Gasteiger charge is -2.08. The molecule has 1 N–H and O–H groups in total. The smallest absolute Gasteiger partial charge is 0.337 e. The number of aryl methyl sites for hydroxylation is 1. The van der Waals surface area contributed by atoms with Crippen LogP contribution in [0.4, 0.5) is 5.69 Å². The fourth-order valence-corrected chi connectivity index (χ4v) is 2.82. The largest absolute Gasteiger partial charge is 0.465 e. The van der Waals surface area contributed by atoms with Gasteiger partial charge in [0.15, 0.2) is 0 Å². The number of hydrogen-bond donors (Lipinski definition) is 1. The molecule has 1 amide bonds. The Bertz CT molecular complexity index is 912. The Morgan fingerprint density at radius 1 is 0.960 bits per heavy atom. The van der Waals surface area contributed by atoms with Crippen LogP contribution in [-0.2, 0) is 16.0 Å². The molecule has 3 rings (SSSR count). The lowest BCUT2D eigenvalue weighted by Crippen LogP contribution is -2.13. The fourth-order valence-electron chi connectivity index (χ4n) is 2.82. The number of ether oxygens (including phenoxy) is 1. The highest BCUT2D eigenvalue weighted by Gasteiger charge is 2.09. The number of rotatable bonds is 5. The van der Waals surface area contributed by atoms with Crippen LogP contribution in [0, 0.1) is 0 Å². The highest BCUT2D eigenvalue weighted by Crippen LogP contribution is 2.20. The lowest BCUT2D eigenvalue weighted by molar-refractivity contribution is -0.116. The number of methoxy groups -OCH3 is 1. The molecular weight excluding hydrogens is 314 g/mol. The van der Waals surface area contributed by atoms with E-state index in [-0.39, 0.29) is 5.91 Å². The minimum atomic E-state index is -0.424. The minimum absolute atomic E-state index is 0.0880. The van der Waals surface area contributed by atoms with Gasteiger partial charge in [-0.15, -0.1) is 0 Å². The van der Waals surface area contributed by atoms with Crippen LogP contribution in [0.3, 0.4) is 0 Å². The molecule has 3 aromatic rings. The maximum atomic E-state index is 12.2. The average molecular weight is 333 g/mol. The molecule has 0 spiro atoms. The van der Waals surface area contributed by atoms with E-state index in [1.807, 2.05) is 24.3 Å². The highest BCUT2D eigenvalue weighted by atomic mass is 16.5. The van der Waals surface area contributed by atoms with Gasteiger partial charge in [-0.2, -0.15) is 0 Å². The summed E-state index contributed by atoms with van der Waals surface area (Å²) in [6, 6.07) is 21.0. The highest BCUT2D eigenvalue weighted by molar-refractivity contribution is 5.95. The molecule has 4 nitrogen and oxygen atoms in total. The van der Waals surface area contributed by atoms with Crippen LogP contribution in [0.15, 0.2) is 66.7 Å². The summed E-state index contributed by atoms with van der Waals surface area (Å²) in [6.45, 7) is 0. The van der Waals surface area contributed by atoms with Crippen LogP contribution in [0.2, 0.25) is 0 Å². The van der Waals surface area contributed by atoms with Crippen LogP contribution in [0.25, 0.3) is 10.8 Å². The summed E-state index contributed by atoms with van der Waals surface area (Å²) in [5, 5.41) is 5.18. The van der Waals surface area contributed by atoms with E-state index in [0.29, 0.717) is 24.1 Å². The van der Waals surface area contributed by atoms with E-state index >= 15 is 0 Å². The normalized spacial score (nSPS) is 10.4. The van der Waals surface area contributed by atoms with Gasteiger partial charge in [0.2, 0.25) is 5.91 Å². The van der Waals surface area contributed by atoms with Gasteiger partial charge in [0, 0.05) is 12.1 Å². The summed E-state index contributed by atoms with van der Waals surface area (Å²) < 4.78 is 4.69. The zero-order valence-electron chi connectivity index (χ0n) is 14.0. The van der Waals surface area contributed by atoms with Crippen LogP contribution in [-0.4, -0.2) is 19.0 Å². The second-order valence-electron chi connectivity index (χ2n) is 5.76. The number of benzene rings is 3. The predicted molar refractivity (Wildman–Crippen MR) is 98.7 cm³/mol. The molecule has 0 unspecified atom stereocenters. The maximum Gasteiger partial charge on any atom is 0.337 e. The van der Waals surface area contributed by atoms with Gasteiger partial charge in [-0.25, -0.2) is 4.79 Å². The predicted octanol–water partition coefficient (Wildman–Crippen LogP) is 4.20. The minimum Gasteiger partial charge on any atom is -0.465 e. The summed E-state index contributed by atoms with van der Waals surface area (Å²) in [4.78, 5) is 23.8. The molecule has 4 heteroatoms. The van der Waals surface area contributed by atoms with Crippen molar-refractivity contribution >= 4 is 28.3 Å². The molecule has 0 fully saturated rings. The van der Waals surface area contributed by atoms with E-state index in [4.69, 9.17) is 4.74 Å². The second kappa shape index (κ2) is 7.62. The number of carbonyl (C=O) groups is 2. The van der Waals surface area contributed by atoms with Crippen molar-refractivity contribution in [2.24, 2.45) is 0 Å². The summed E-state index contributed by atoms with van der Waals surface area (Å²) in [7, 11) is 1.33. The molecule has 0 saturated heterocycles. The number of hydrogen-bond acceptors (Lipinski definition) is 3.